The average Bonchev–Trinajstić information content (AvgIpc) is 2.13. The van der Waals surface area contributed by atoms with Gasteiger partial charge >= 0.3 is 0 Å². The van der Waals surface area contributed by atoms with E-state index in [0.717, 1.165) is 0 Å². The van der Waals surface area contributed by atoms with E-state index >= 15 is 0 Å². The first kappa shape index (κ1) is 14.1. The van der Waals surface area contributed by atoms with Gasteiger partial charge in [0.2, 0.25) is 0 Å². The molecule has 0 bridgehead atoms. The number of benzene rings is 1. The fourth-order valence-corrected chi connectivity index (χ4v) is 2.33. The Hall–Kier alpha value is -0.980. The van der Waals surface area contributed by atoms with E-state index in [1.807, 2.05) is 0 Å². The molecule has 96 valence electrons. The number of hydrogen-bond acceptors (Lipinski definition) is 1. The Balaban J connectivity index is 3.58. The monoisotopic (exact) mass is 233 g/mol. The highest BCUT2D eigenvalue weighted by atomic mass is 15.1. The van der Waals surface area contributed by atoms with E-state index in [4.69, 9.17) is 0 Å². The first-order valence-corrected chi connectivity index (χ1v) is 6.36. The first-order valence-electron chi connectivity index (χ1n) is 6.36. The Bertz CT molecular complexity index is 389. The average molecular weight is 233 g/mol. The van der Waals surface area contributed by atoms with Crippen molar-refractivity contribution in [1.29, 1.82) is 0 Å². The molecule has 0 spiro atoms. The molecule has 1 aromatic rings. The lowest BCUT2D eigenvalue weighted by Gasteiger charge is -2.34. The third-order valence-electron chi connectivity index (χ3n) is 3.08. The predicted octanol–water partition coefficient (Wildman–Crippen LogP) is 4.35. The quantitative estimate of drug-likeness (QED) is 0.697. The summed E-state index contributed by atoms with van der Waals surface area (Å²) in [5.41, 5.74) is 4.62. The predicted molar refractivity (Wildman–Crippen MR) is 78.2 cm³/mol. The van der Waals surface area contributed by atoms with Gasteiger partial charge in [-0.1, -0.05) is 53.7 Å². The van der Waals surface area contributed by atoms with Crippen LogP contribution >= 0.6 is 0 Å². The molecule has 0 aliphatic heterocycles. The van der Waals surface area contributed by atoms with Gasteiger partial charge in [-0.15, -0.1) is 0 Å². The minimum absolute atomic E-state index is 0.170. The second-order valence-corrected chi connectivity index (χ2v) is 7.09. The van der Waals surface area contributed by atoms with Crippen LogP contribution in [0.1, 0.15) is 52.7 Å². The molecule has 0 unspecified atom stereocenters. The molecule has 1 heteroatoms. The van der Waals surface area contributed by atoms with Gasteiger partial charge in [0.05, 0.1) is 0 Å². The van der Waals surface area contributed by atoms with Crippen molar-refractivity contribution in [3.8, 4) is 0 Å². The van der Waals surface area contributed by atoms with E-state index in [1.165, 1.54) is 16.8 Å². The Kier molecular flexibility index (Phi) is 3.61. The molecule has 0 aromatic heterocycles. The molecule has 0 radical (unpaired) electrons. The summed E-state index contributed by atoms with van der Waals surface area (Å²) in [6, 6.07) is 6.66. The molecule has 0 N–H and O–H groups in total. The Morgan fingerprint density at radius 1 is 0.824 bits per heavy atom. The number of anilines is 1. The smallest absolute Gasteiger partial charge is 0.0401 e. The van der Waals surface area contributed by atoms with Crippen molar-refractivity contribution in [3.05, 3.63) is 29.3 Å². The van der Waals surface area contributed by atoms with Crippen molar-refractivity contribution in [1.82, 2.24) is 0 Å². The van der Waals surface area contributed by atoms with Crippen LogP contribution < -0.4 is 4.90 Å². The SMILES string of the molecule is CN(C)c1cccc(C(C)(C)C)c1C(C)(C)C. The molecule has 17 heavy (non-hydrogen) atoms. The van der Waals surface area contributed by atoms with Crippen LogP contribution in [0.3, 0.4) is 0 Å². The molecule has 0 amide bonds. The van der Waals surface area contributed by atoms with Crippen LogP contribution in [-0.2, 0) is 10.8 Å². The van der Waals surface area contributed by atoms with Crippen LogP contribution in [0, 0.1) is 0 Å². The summed E-state index contributed by atoms with van der Waals surface area (Å²) in [6.45, 7) is 13.8. The van der Waals surface area contributed by atoms with Gasteiger partial charge in [0.15, 0.2) is 0 Å². The second-order valence-electron chi connectivity index (χ2n) is 7.09. The summed E-state index contributed by atoms with van der Waals surface area (Å²) in [7, 11) is 4.24. The third-order valence-corrected chi connectivity index (χ3v) is 3.08. The highest BCUT2D eigenvalue weighted by Gasteiger charge is 2.27. The molecule has 1 nitrogen and oxygen atoms in total. The van der Waals surface area contributed by atoms with Gasteiger partial charge in [-0.05, 0) is 28.0 Å². The van der Waals surface area contributed by atoms with Gasteiger partial charge < -0.3 is 4.90 Å². The van der Waals surface area contributed by atoms with Crippen LogP contribution in [0.4, 0.5) is 5.69 Å². The van der Waals surface area contributed by atoms with E-state index in [-0.39, 0.29) is 10.8 Å². The molecule has 0 saturated carbocycles. The number of hydrogen-bond donors (Lipinski definition) is 0. The van der Waals surface area contributed by atoms with Gasteiger partial charge in [0, 0.05) is 19.8 Å². The topological polar surface area (TPSA) is 3.24 Å². The zero-order chi connectivity index (χ0) is 13.4. The highest BCUT2D eigenvalue weighted by Crippen LogP contribution is 2.39. The van der Waals surface area contributed by atoms with Crippen LogP contribution in [-0.4, -0.2) is 14.1 Å². The Morgan fingerprint density at radius 2 is 1.35 bits per heavy atom. The first-order chi connectivity index (χ1) is 7.55. The van der Waals surface area contributed by atoms with Crippen molar-refractivity contribution in [2.45, 2.75) is 52.4 Å². The zero-order valence-corrected chi connectivity index (χ0v) is 12.7. The maximum absolute atomic E-state index is 2.30. The summed E-state index contributed by atoms with van der Waals surface area (Å²) in [5.74, 6) is 0. The molecule has 1 rings (SSSR count). The Labute approximate surface area is 107 Å². The third kappa shape index (κ3) is 3.02. The van der Waals surface area contributed by atoms with Crippen LogP contribution in [0.25, 0.3) is 0 Å². The lowest BCUT2D eigenvalue weighted by Crippen LogP contribution is -2.25. The van der Waals surface area contributed by atoms with Crippen molar-refractivity contribution < 1.29 is 0 Å². The molecule has 0 saturated heterocycles. The zero-order valence-electron chi connectivity index (χ0n) is 12.7. The summed E-state index contributed by atoms with van der Waals surface area (Å²) >= 11 is 0. The van der Waals surface area contributed by atoms with Gasteiger partial charge in [0.25, 0.3) is 0 Å². The van der Waals surface area contributed by atoms with E-state index in [9.17, 15) is 0 Å². The molecular formula is C16H27N. The summed E-state index contributed by atoms with van der Waals surface area (Å²) in [4.78, 5) is 2.22. The fraction of sp³-hybridized carbons (Fsp3) is 0.625. The van der Waals surface area contributed by atoms with Gasteiger partial charge in [-0.3, -0.25) is 0 Å². The molecule has 0 aliphatic rings. The van der Waals surface area contributed by atoms with Crippen molar-refractivity contribution >= 4 is 5.69 Å². The minimum atomic E-state index is 0.170. The van der Waals surface area contributed by atoms with Gasteiger partial charge in [-0.25, -0.2) is 0 Å². The maximum Gasteiger partial charge on any atom is 0.0401 e. The van der Waals surface area contributed by atoms with E-state index < -0.39 is 0 Å². The van der Waals surface area contributed by atoms with Crippen LogP contribution in [0.2, 0.25) is 0 Å². The molecule has 0 aliphatic carbocycles. The lowest BCUT2D eigenvalue weighted by molar-refractivity contribution is 0.530. The summed E-state index contributed by atoms with van der Waals surface area (Å²) in [5, 5.41) is 0. The van der Waals surface area contributed by atoms with Gasteiger partial charge in [-0.2, -0.15) is 0 Å². The van der Waals surface area contributed by atoms with Crippen molar-refractivity contribution in [2.75, 3.05) is 19.0 Å². The van der Waals surface area contributed by atoms with Crippen molar-refractivity contribution in [3.63, 3.8) is 0 Å². The lowest BCUT2D eigenvalue weighted by atomic mass is 9.74. The fourth-order valence-electron chi connectivity index (χ4n) is 2.33. The molecule has 0 atom stereocenters. The van der Waals surface area contributed by atoms with E-state index in [1.54, 1.807) is 0 Å². The molecule has 0 fully saturated rings. The summed E-state index contributed by atoms with van der Waals surface area (Å²) in [6.07, 6.45) is 0. The van der Waals surface area contributed by atoms with Gasteiger partial charge in [0.1, 0.15) is 0 Å². The number of nitrogens with zero attached hydrogens (tertiary/aromatic N) is 1. The molecule has 1 aromatic carbocycles. The Morgan fingerprint density at radius 3 is 1.71 bits per heavy atom. The van der Waals surface area contributed by atoms with Crippen molar-refractivity contribution in [2.24, 2.45) is 0 Å². The number of rotatable bonds is 1. The van der Waals surface area contributed by atoms with Crippen LogP contribution in [0.5, 0.6) is 0 Å². The van der Waals surface area contributed by atoms with E-state index in [0.29, 0.717) is 0 Å². The highest BCUT2D eigenvalue weighted by molar-refractivity contribution is 5.60. The van der Waals surface area contributed by atoms with E-state index in [2.05, 4.69) is 78.7 Å². The normalized spacial score (nSPS) is 12.7. The van der Waals surface area contributed by atoms with Crippen LogP contribution in [0.15, 0.2) is 18.2 Å². The maximum atomic E-state index is 2.30. The molecule has 0 heterocycles. The minimum Gasteiger partial charge on any atom is -0.377 e. The molecular weight excluding hydrogens is 206 g/mol. The summed E-state index contributed by atoms with van der Waals surface area (Å²) < 4.78 is 0. The standard InChI is InChI=1S/C16H27N/c1-15(2,3)12-10-9-11-13(17(7)8)14(12)16(4,5)6/h9-11H,1-8H3. The second kappa shape index (κ2) is 4.36. The largest absolute Gasteiger partial charge is 0.377 e.